The zero-order valence-electron chi connectivity index (χ0n) is 10.3. The Kier molecular flexibility index (Phi) is 3.66. The molecule has 18 heavy (non-hydrogen) atoms. The van der Waals surface area contributed by atoms with Crippen molar-refractivity contribution in [2.75, 3.05) is 7.11 Å². The van der Waals surface area contributed by atoms with Crippen LogP contribution in [0.3, 0.4) is 0 Å². The fraction of sp³-hybridized carbons (Fsp3) is 0.333. The molecule has 0 spiro atoms. The Morgan fingerprint density at radius 1 is 1.39 bits per heavy atom. The maximum atomic E-state index is 11.9. The van der Waals surface area contributed by atoms with Crippen LogP contribution in [0.25, 0.3) is 0 Å². The van der Waals surface area contributed by atoms with Crippen LogP contribution in [0.5, 0.6) is 5.88 Å². The minimum Gasteiger partial charge on any atom is -0.481 e. The molecule has 0 aliphatic rings. The number of imidazole rings is 1. The molecule has 6 nitrogen and oxygen atoms in total. The average molecular weight is 246 g/mol. The van der Waals surface area contributed by atoms with E-state index in [0.29, 0.717) is 24.4 Å². The summed E-state index contributed by atoms with van der Waals surface area (Å²) in [6.45, 7) is 0. The van der Waals surface area contributed by atoms with Crippen molar-refractivity contribution in [1.29, 1.82) is 0 Å². The SMILES string of the molecule is COc1cc(C(=O)CCc2nccn2C)ncn1. The number of hydrogen-bond acceptors (Lipinski definition) is 5. The lowest BCUT2D eigenvalue weighted by molar-refractivity contribution is 0.0976. The Hall–Kier alpha value is -2.24. The monoisotopic (exact) mass is 246 g/mol. The summed E-state index contributed by atoms with van der Waals surface area (Å²) in [6.07, 6.45) is 5.85. The third-order valence-electron chi connectivity index (χ3n) is 2.63. The number of Topliss-reactive ketones (excluding diaryl/α,β-unsaturated/α-hetero) is 1. The molecule has 0 atom stereocenters. The molecule has 2 aromatic rings. The van der Waals surface area contributed by atoms with Gasteiger partial charge in [-0.2, -0.15) is 0 Å². The van der Waals surface area contributed by atoms with E-state index in [1.54, 1.807) is 12.3 Å². The van der Waals surface area contributed by atoms with Crippen LogP contribution in [0.15, 0.2) is 24.8 Å². The molecule has 94 valence electrons. The summed E-state index contributed by atoms with van der Waals surface area (Å²) < 4.78 is 6.85. The maximum Gasteiger partial charge on any atom is 0.216 e. The highest BCUT2D eigenvalue weighted by Gasteiger charge is 2.10. The summed E-state index contributed by atoms with van der Waals surface area (Å²) in [4.78, 5) is 23.9. The molecule has 0 aliphatic carbocycles. The summed E-state index contributed by atoms with van der Waals surface area (Å²) in [5.74, 6) is 1.23. The molecule has 0 saturated heterocycles. The molecule has 2 heterocycles. The number of nitrogens with zero attached hydrogens (tertiary/aromatic N) is 4. The summed E-state index contributed by atoms with van der Waals surface area (Å²) >= 11 is 0. The van der Waals surface area contributed by atoms with Crippen LogP contribution in [-0.4, -0.2) is 32.4 Å². The molecule has 0 aliphatic heterocycles. The predicted octanol–water partition coefficient (Wildman–Crippen LogP) is 1.03. The fourth-order valence-corrected chi connectivity index (χ4v) is 1.59. The van der Waals surface area contributed by atoms with E-state index in [4.69, 9.17) is 4.74 Å². The number of methoxy groups -OCH3 is 1. The number of aromatic nitrogens is 4. The molecule has 2 rings (SSSR count). The van der Waals surface area contributed by atoms with Crippen molar-refractivity contribution in [3.63, 3.8) is 0 Å². The zero-order valence-corrected chi connectivity index (χ0v) is 10.3. The fourth-order valence-electron chi connectivity index (χ4n) is 1.59. The van der Waals surface area contributed by atoms with Crippen molar-refractivity contribution in [1.82, 2.24) is 19.5 Å². The summed E-state index contributed by atoms with van der Waals surface area (Å²) in [6, 6.07) is 1.54. The van der Waals surface area contributed by atoms with Gasteiger partial charge in [-0.05, 0) is 0 Å². The Morgan fingerprint density at radius 2 is 2.22 bits per heavy atom. The van der Waals surface area contributed by atoms with Crippen LogP contribution in [0, 0.1) is 0 Å². The van der Waals surface area contributed by atoms with E-state index >= 15 is 0 Å². The van der Waals surface area contributed by atoms with E-state index in [9.17, 15) is 4.79 Å². The topological polar surface area (TPSA) is 69.9 Å². The quantitative estimate of drug-likeness (QED) is 0.737. The first-order valence-electron chi connectivity index (χ1n) is 5.56. The Morgan fingerprint density at radius 3 is 2.89 bits per heavy atom. The van der Waals surface area contributed by atoms with Gasteiger partial charge >= 0.3 is 0 Å². The van der Waals surface area contributed by atoms with Crippen LogP contribution < -0.4 is 4.74 Å². The second-order valence-electron chi connectivity index (χ2n) is 3.82. The van der Waals surface area contributed by atoms with Gasteiger partial charge in [-0.25, -0.2) is 15.0 Å². The number of aryl methyl sites for hydroxylation is 2. The number of ether oxygens (including phenoxy) is 1. The number of carbonyl (C=O) groups is 1. The van der Waals surface area contributed by atoms with Gasteiger partial charge in [-0.15, -0.1) is 0 Å². The van der Waals surface area contributed by atoms with Crippen molar-refractivity contribution in [3.05, 3.63) is 36.3 Å². The van der Waals surface area contributed by atoms with Crippen molar-refractivity contribution in [2.24, 2.45) is 7.05 Å². The first-order chi connectivity index (χ1) is 8.70. The molecule has 0 bridgehead atoms. The van der Waals surface area contributed by atoms with Crippen molar-refractivity contribution in [3.8, 4) is 5.88 Å². The predicted molar refractivity (Wildman–Crippen MR) is 64.4 cm³/mol. The maximum absolute atomic E-state index is 11.9. The highest BCUT2D eigenvalue weighted by Crippen LogP contribution is 2.09. The van der Waals surface area contributed by atoms with Gasteiger partial charge in [0.2, 0.25) is 5.88 Å². The molecular weight excluding hydrogens is 232 g/mol. The zero-order chi connectivity index (χ0) is 13.0. The standard InChI is InChI=1S/C12H14N4O2/c1-16-6-5-13-11(16)4-3-10(17)9-7-12(18-2)15-8-14-9/h5-8H,3-4H2,1-2H3. The third kappa shape index (κ3) is 2.71. The summed E-state index contributed by atoms with van der Waals surface area (Å²) in [5.41, 5.74) is 0.371. The van der Waals surface area contributed by atoms with Crippen LogP contribution in [0.1, 0.15) is 22.7 Å². The third-order valence-corrected chi connectivity index (χ3v) is 2.63. The van der Waals surface area contributed by atoms with E-state index < -0.39 is 0 Å². The van der Waals surface area contributed by atoms with Crippen LogP contribution in [0.2, 0.25) is 0 Å². The van der Waals surface area contributed by atoms with Gasteiger partial charge in [0.05, 0.1) is 7.11 Å². The normalized spacial score (nSPS) is 10.3. The number of rotatable bonds is 5. The van der Waals surface area contributed by atoms with Crippen LogP contribution in [-0.2, 0) is 13.5 Å². The van der Waals surface area contributed by atoms with E-state index in [1.165, 1.54) is 13.4 Å². The molecular formula is C12H14N4O2. The second kappa shape index (κ2) is 5.39. The van der Waals surface area contributed by atoms with Gasteiger partial charge in [-0.3, -0.25) is 4.79 Å². The molecule has 0 unspecified atom stereocenters. The number of carbonyl (C=O) groups excluding carboxylic acids is 1. The minimum absolute atomic E-state index is 0.0429. The Balaban J connectivity index is 2.01. The van der Waals surface area contributed by atoms with Gasteiger partial charge in [0.15, 0.2) is 5.78 Å². The van der Waals surface area contributed by atoms with Crippen molar-refractivity contribution >= 4 is 5.78 Å². The Labute approximate surface area is 105 Å². The van der Waals surface area contributed by atoms with Gasteiger partial charge in [0.25, 0.3) is 0 Å². The molecule has 0 aromatic carbocycles. The lowest BCUT2D eigenvalue weighted by atomic mass is 10.1. The highest BCUT2D eigenvalue weighted by molar-refractivity contribution is 5.94. The van der Waals surface area contributed by atoms with E-state index in [2.05, 4.69) is 15.0 Å². The molecule has 0 N–H and O–H groups in total. The lowest BCUT2D eigenvalue weighted by Crippen LogP contribution is -2.07. The van der Waals surface area contributed by atoms with Gasteiger partial charge in [0, 0.05) is 38.3 Å². The minimum atomic E-state index is -0.0429. The van der Waals surface area contributed by atoms with Gasteiger partial charge in [0.1, 0.15) is 17.8 Å². The van der Waals surface area contributed by atoms with Gasteiger partial charge < -0.3 is 9.30 Å². The number of hydrogen-bond donors (Lipinski definition) is 0. The first-order valence-corrected chi connectivity index (χ1v) is 5.56. The molecule has 0 amide bonds. The van der Waals surface area contributed by atoms with Crippen molar-refractivity contribution in [2.45, 2.75) is 12.8 Å². The highest BCUT2D eigenvalue weighted by atomic mass is 16.5. The molecule has 0 fully saturated rings. The van der Waals surface area contributed by atoms with Crippen LogP contribution in [0.4, 0.5) is 0 Å². The molecule has 2 aromatic heterocycles. The van der Waals surface area contributed by atoms with E-state index in [-0.39, 0.29) is 5.78 Å². The van der Waals surface area contributed by atoms with E-state index in [0.717, 1.165) is 5.82 Å². The van der Waals surface area contributed by atoms with Crippen molar-refractivity contribution < 1.29 is 9.53 Å². The van der Waals surface area contributed by atoms with Gasteiger partial charge in [-0.1, -0.05) is 0 Å². The molecule has 0 radical (unpaired) electrons. The molecule has 6 heteroatoms. The lowest BCUT2D eigenvalue weighted by Gasteiger charge is -2.03. The van der Waals surface area contributed by atoms with E-state index in [1.807, 2.05) is 17.8 Å². The smallest absolute Gasteiger partial charge is 0.216 e. The second-order valence-corrected chi connectivity index (χ2v) is 3.82. The largest absolute Gasteiger partial charge is 0.481 e. The molecule has 0 saturated carbocycles. The average Bonchev–Trinajstić information content (AvgIpc) is 2.81. The Bertz CT molecular complexity index is 551. The summed E-state index contributed by atoms with van der Waals surface area (Å²) in [5, 5.41) is 0. The number of ketones is 1. The first kappa shape index (κ1) is 12.2. The van der Waals surface area contributed by atoms with Crippen LogP contribution >= 0.6 is 0 Å². The summed E-state index contributed by atoms with van der Waals surface area (Å²) in [7, 11) is 3.41.